The molecule has 2 aromatic rings. The maximum atomic E-state index is 5.46. The highest BCUT2D eigenvalue weighted by atomic mass is 16.5. The van der Waals surface area contributed by atoms with Crippen LogP contribution in [0.15, 0.2) is 41.7 Å². The zero-order valence-corrected chi connectivity index (χ0v) is 18.3. The summed E-state index contributed by atoms with van der Waals surface area (Å²) in [5, 5.41) is 7.82. The normalized spacial score (nSPS) is 20.7. The molecule has 7 nitrogen and oxygen atoms in total. The Morgan fingerprint density at radius 1 is 1.23 bits per heavy atom. The summed E-state index contributed by atoms with van der Waals surface area (Å²) in [5.41, 5.74) is 3.94. The Labute approximate surface area is 179 Å². The Morgan fingerprint density at radius 2 is 2.07 bits per heavy atom. The number of hydrogen-bond acceptors (Lipinski definition) is 4. The van der Waals surface area contributed by atoms with Crippen LogP contribution in [0.5, 0.6) is 0 Å². The van der Waals surface area contributed by atoms with Gasteiger partial charge in [-0.15, -0.1) is 0 Å². The van der Waals surface area contributed by atoms with Crippen LogP contribution in [0.2, 0.25) is 0 Å². The van der Waals surface area contributed by atoms with Crippen LogP contribution in [0.25, 0.3) is 0 Å². The van der Waals surface area contributed by atoms with Gasteiger partial charge in [-0.2, -0.15) is 5.10 Å². The molecule has 1 atom stereocenters. The van der Waals surface area contributed by atoms with Gasteiger partial charge in [0.05, 0.1) is 26.0 Å². The van der Waals surface area contributed by atoms with Crippen molar-refractivity contribution < 1.29 is 4.74 Å². The Hall–Kier alpha value is -2.38. The first-order chi connectivity index (χ1) is 14.7. The van der Waals surface area contributed by atoms with Crippen molar-refractivity contribution in [3.05, 3.63) is 53.3 Å². The first-order valence-electron chi connectivity index (χ1n) is 11.1. The molecule has 1 aromatic carbocycles. The lowest BCUT2D eigenvalue weighted by molar-refractivity contribution is 0.0342. The van der Waals surface area contributed by atoms with Gasteiger partial charge in [-0.25, -0.2) is 4.99 Å². The van der Waals surface area contributed by atoms with Gasteiger partial charge in [-0.3, -0.25) is 9.58 Å². The van der Waals surface area contributed by atoms with Crippen molar-refractivity contribution in [2.24, 2.45) is 12.0 Å². The van der Waals surface area contributed by atoms with Crippen molar-refractivity contribution in [1.29, 1.82) is 0 Å². The van der Waals surface area contributed by atoms with E-state index in [1.54, 1.807) is 0 Å². The van der Waals surface area contributed by atoms with Crippen LogP contribution < -0.4 is 5.32 Å². The molecule has 0 amide bonds. The van der Waals surface area contributed by atoms with Crippen LogP contribution >= 0.6 is 0 Å². The largest absolute Gasteiger partial charge is 0.379 e. The van der Waals surface area contributed by atoms with E-state index in [0.717, 1.165) is 64.9 Å². The molecule has 1 N–H and O–H groups in total. The fraction of sp³-hybridized carbons (Fsp3) is 0.565. The number of ether oxygens (including phenoxy) is 1. The van der Waals surface area contributed by atoms with Crippen LogP contribution in [0.3, 0.4) is 0 Å². The van der Waals surface area contributed by atoms with E-state index in [1.165, 1.54) is 16.7 Å². The number of aryl methyl sites for hydroxylation is 1. The topological polar surface area (TPSA) is 57.9 Å². The fourth-order valence-electron chi connectivity index (χ4n) is 4.31. The van der Waals surface area contributed by atoms with E-state index in [0.29, 0.717) is 12.5 Å². The Kier molecular flexibility index (Phi) is 7.02. The van der Waals surface area contributed by atoms with Crippen LogP contribution in [0.1, 0.15) is 36.0 Å². The monoisotopic (exact) mass is 410 g/mol. The quantitative estimate of drug-likeness (QED) is 0.585. The minimum Gasteiger partial charge on any atom is -0.379 e. The average molecular weight is 411 g/mol. The summed E-state index contributed by atoms with van der Waals surface area (Å²) in [6, 6.07) is 8.85. The molecular formula is C23H34N6O. The van der Waals surface area contributed by atoms with Gasteiger partial charge in [0.15, 0.2) is 5.96 Å². The van der Waals surface area contributed by atoms with E-state index in [2.05, 4.69) is 57.6 Å². The number of morpholine rings is 1. The maximum absolute atomic E-state index is 5.46. The van der Waals surface area contributed by atoms with E-state index in [1.807, 2.05) is 17.9 Å². The first-order valence-corrected chi connectivity index (χ1v) is 11.1. The van der Waals surface area contributed by atoms with Crippen LogP contribution in [0.4, 0.5) is 0 Å². The predicted octanol–water partition coefficient (Wildman–Crippen LogP) is 2.21. The van der Waals surface area contributed by atoms with Gasteiger partial charge in [0.25, 0.3) is 0 Å². The number of aliphatic imine (C=N–C) groups is 1. The number of likely N-dealkylation sites (tertiary alicyclic amines) is 1. The highest BCUT2D eigenvalue weighted by Gasteiger charge is 2.26. The van der Waals surface area contributed by atoms with Crippen molar-refractivity contribution in [2.45, 2.75) is 32.4 Å². The number of aromatic nitrogens is 2. The minimum absolute atomic E-state index is 0.527. The Bertz CT molecular complexity index is 842. The van der Waals surface area contributed by atoms with Crippen molar-refractivity contribution in [3.63, 3.8) is 0 Å². The third-order valence-corrected chi connectivity index (χ3v) is 5.93. The second kappa shape index (κ2) is 10.1. The van der Waals surface area contributed by atoms with Crippen LogP contribution in [0, 0.1) is 0 Å². The summed E-state index contributed by atoms with van der Waals surface area (Å²) < 4.78 is 7.35. The van der Waals surface area contributed by atoms with Crippen molar-refractivity contribution >= 4 is 5.96 Å². The van der Waals surface area contributed by atoms with Gasteiger partial charge in [-0.05, 0) is 30.0 Å². The zero-order chi connectivity index (χ0) is 20.8. The summed E-state index contributed by atoms with van der Waals surface area (Å²) in [7, 11) is 1.98. The lowest BCUT2D eigenvalue weighted by Gasteiger charge is -2.26. The minimum atomic E-state index is 0.527. The molecule has 1 aromatic heterocycles. The molecule has 0 aliphatic carbocycles. The molecular weight excluding hydrogens is 376 g/mol. The van der Waals surface area contributed by atoms with Gasteiger partial charge in [0.2, 0.25) is 0 Å². The molecule has 2 saturated heterocycles. The molecule has 0 saturated carbocycles. The molecule has 4 rings (SSSR count). The third-order valence-electron chi connectivity index (χ3n) is 5.93. The van der Waals surface area contributed by atoms with Gasteiger partial charge in [0.1, 0.15) is 0 Å². The number of hydrogen-bond donors (Lipinski definition) is 1. The van der Waals surface area contributed by atoms with E-state index < -0.39 is 0 Å². The molecule has 30 heavy (non-hydrogen) atoms. The summed E-state index contributed by atoms with van der Waals surface area (Å²) >= 11 is 0. The van der Waals surface area contributed by atoms with Crippen molar-refractivity contribution in [2.75, 3.05) is 45.9 Å². The number of rotatable bonds is 6. The third kappa shape index (κ3) is 5.40. The molecule has 7 heteroatoms. The number of benzene rings is 1. The molecule has 2 aliphatic heterocycles. The van der Waals surface area contributed by atoms with E-state index >= 15 is 0 Å². The number of nitrogens with zero attached hydrogens (tertiary/aromatic N) is 5. The highest BCUT2D eigenvalue weighted by Crippen LogP contribution is 2.26. The molecule has 0 spiro atoms. The number of guanidine groups is 1. The van der Waals surface area contributed by atoms with E-state index in [9.17, 15) is 0 Å². The number of nitrogens with one attached hydrogen (secondary N) is 1. The summed E-state index contributed by atoms with van der Waals surface area (Å²) in [5.74, 6) is 1.54. The molecule has 2 fully saturated rings. The standard InChI is InChI=1S/C23H34N6O/c1-3-24-23(29-8-7-21(18-29)22-15-26-27(2)17-22)25-14-19-5-4-6-20(13-19)16-28-9-11-30-12-10-28/h4-6,13,15,17,21H,3,7-12,14,16,18H2,1-2H3,(H,24,25). The predicted molar refractivity (Wildman–Crippen MR) is 119 cm³/mol. The van der Waals surface area contributed by atoms with Gasteiger partial charge in [-0.1, -0.05) is 24.3 Å². The lowest BCUT2D eigenvalue weighted by atomic mass is 10.0. The Morgan fingerprint density at radius 3 is 2.83 bits per heavy atom. The van der Waals surface area contributed by atoms with Gasteiger partial charge in [0, 0.05) is 58.4 Å². The first kappa shape index (κ1) is 20.9. The summed E-state index contributed by atoms with van der Waals surface area (Å²) in [4.78, 5) is 9.81. The fourth-order valence-corrected chi connectivity index (χ4v) is 4.31. The lowest BCUT2D eigenvalue weighted by Crippen LogP contribution is -2.40. The SMILES string of the molecule is CCNC(=NCc1cccc(CN2CCOCC2)c1)N1CCC(c2cnn(C)c2)C1. The van der Waals surface area contributed by atoms with Gasteiger partial charge >= 0.3 is 0 Å². The van der Waals surface area contributed by atoms with E-state index in [-0.39, 0.29) is 0 Å². The van der Waals surface area contributed by atoms with Gasteiger partial charge < -0.3 is 15.0 Å². The highest BCUT2D eigenvalue weighted by molar-refractivity contribution is 5.80. The van der Waals surface area contributed by atoms with Crippen molar-refractivity contribution in [1.82, 2.24) is 24.9 Å². The average Bonchev–Trinajstić information content (AvgIpc) is 3.41. The molecule has 0 radical (unpaired) electrons. The molecule has 0 bridgehead atoms. The second-order valence-corrected chi connectivity index (χ2v) is 8.26. The van der Waals surface area contributed by atoms with Crippen molar-refractivity contribution in [3.8, 4) is 0 Å². The van der Waals surface area contributed by atoms with Crippen LogP contribution in [-0.4, -0.2) is 71.5 Å². The molecule has 3 heterocycles. The van der Waals surface area contributed by atoms with E-state index in [4.69, 9.17) is 9.73 Å². The molecule has 2 aliphatic rings. The Balaban J connectivity index is 1.38. The summed E-state index contributed by atoms with van der Waals surface area (Å²) in [6.45, 7) is 10.4. The molecule has 162 valence electrons. The van der Waals surface area contributed by atoms with Crippen LogP contribution in [-0.2, 0) is 24.9 Å². The second-order valence-electron chi connectivity index (χ2n) is 8.26. The summed E-state index contributed by atoms with van der Waals surface area (Å²) in [6.07, 6.45) is 5.28. The zero-order valence-electron chi connectivity index (χ0n) is 18.3. The maximum Gasteiger partial charge on any atom is 0.194 e. The smallest absolute Gasteiger partial charge is 0.194 e. The molecule has 1 unspecified atom stereocenters.